The molecular formula is C22H24N8O2. The molecule has 0 spiro atoms. The molecule has 1 aliphatic rings. The average Bonchev–Trinajstić information content (AvgIpc) is 3.22. The van der Waals surface area contributed by atoms with E-state index in [0.717, 1.165) is 49.8 Å². The molecule has 0 unspecified atom stereocenters. The summed E-state index contributed by atoms with van der Waals surface area (Å²) < 4.78 is 12.8. The van der Waals surface area contributed by atoms with Crippen molar-refractivity contribution in [3.63, 3.8) is 0 Å². The van der Waals surface area contributed by atoms with Crippen LogP contribution in [0.25, 0.3) is 17.0 Å². The normalized spacial score (nSPS) is 14.6. The molecule has 1 aromatic carbocycles. The standard InChI is InChI=1S/C22H24N8O2/c23-19-4-5-20-26-27-21(30(20)28-19)13-16-2-1-3-17(12-16)22-24-14-18(15-25-22)32-11-8-29-6-9-31-10-7-29/h1-5,12,14-15H,6-11,13H2,(H2,23,28). The largest absolute Gasteiger partial charge is 0.489 e. The zero-order valence-electron chi connectivity index (χ0n) is 17.6. The van der Waals surface area contributed by atoms with Crippen LogP contribution in [0.3, 0.4) is 0 Å². The van der Waals surface area contributed by atoms with Crippen molar-refractivity contribution in [3.8, 4) is 17.1 Å². The first-order chi connectivity index (χ1) is 15.7. The summed E-state index contributed by atoms with van der Waals surface area (Å²) in [7, 11) is 0. The number of fused-ring (bicyclic) bond motifs is 1. The van der Waals surface area contributed by atoms with E-state index >= 15 is 0 Å². The van der Waals surface area contributed by atoms with Gasteiger partial charge < -0.3 is 15.2 Å². The maximum atomic E-state index is 5.80. The Morgan fingerprint density at radius 2 is 1.88 bits per heavy atom. The summed E-state index contributed by atoms with van der Waals surface area (Å²) >= 11 is 0. The van der Waals surface area contributed by atoms with E-state index < -0.39 is 0 Å². The summed E-state index contributed by atoms with van der Waals surface area (Å²) in [5.41, 5.74) is 8.44. The molecule has 1 fully saturated rings. The molecule has 0 amide bonds. The molecule has 4 heterocycles. The van der Waals surface area contributed by atoms with Crippen LogP contribution in [0.1, 0.15) is 11.4 Å². The van der Waals surface area contributed by atoms with Gasteiger partial charge in [-0.05, 0) is 23.8 Å². The molecule has 32 heavy (non-hydrogen) atoms. The lowest BCUT2D eigenvalue weighted by molar-refractivity contribution is 0.0322. The molecule has 0 bridgehead atoms. The van der Waals surface area contributed by atoms with Gasteiger partial charge in [-0.3, -0.25) is 4.90 Å². The van der Waals surface area contributed by atoms with Crippen molar-refractivity contribution >= 4 is 11.5 Å². The monoisotopic (exact) mass is 432 g/mol. The highest BCUT2D eigenvalue weighted by Crippen LogP contribution is 2.20. The summed E-state index contributed by atoms with van der Waals surface area (Å²) in [4.78, 5) is 11.3. The minimum absolute atomic E-state index is 0.424. The molecule has 0 aliphatic carbocycles. The molecule has 1 saturated heterocycles. The lowest BCUT2D eigenvalue weighted by atomic mass is 10.1. The molecule has 0 radical (unpaired) electrons. The number of rotatable bonds is 7. The number of nitrogens with zero attached hydrogens (tertiary/aromatic N) is 7. The molecule has 3 aromatic heterocycles. The van der Waals surface area contributed by atoms with Crippen LogP contribution in [0.15, 0.2) is 48.8 Å². The third-order valence-electron chi connectivity index (χ3n) is 5.30. The van der Waals surface area contributed by atoms with E-state index in [1.807, 2.05) is 24.3 Å². The van der Waals surface area contributed by atoms with Gasteiger partial charge in [-0.25, -0.2) is 9.97 Å². The third kappa shape index (κ3) is 4.66. The first-order valence-electron chi connectivity index (χ1n) is 10.6. The summed E-state index contributed by atoms with van der Waals surface area (Å²) in [5, 5.41) is 12.7. The van der Waals surface area contributed by atoms with Crippen molar-refractivity contribution in [3.05, 3.63) is 60.2 Å². The van der Waals surface area contributed by atoms with Crippen molar-refractivity contribution in [2.24, 2.45) is 0 Å². The molecule has 10 nitrogen and oxygen atoms in total. The number of nitrogens with two attached hydrogens (primary N) is 1. The fourth-order valence-corrected chi connectivity index (χ4v) is 3.62. The van der Waals surface area contributed by atoms with Gasteiger partial charge in [0.1, 0.15) is 12.4 Å². The molecule has 10 heteroatoms. The van der Waals surface area contributed by atoms with E-state index in [1.165, 1.54) is 0 Å². The lowest BCUT2D eigenvalue weighted by Crippen LogP contribution is -2.38. The Balaban J connectivity index is 1.24. The van der Waals surface area contributed by atoms with E-state index in [2.05, 4.69) is 30.2 Å². The zero-order chi connectivity index (χ0) is 21.8. The zero-order valence-corrected chi connectivity index (χ0v) is 17.6. The number of benzene rings is 1. The number of morpholine rings is 1. The third-order valence-corrected chi connectivity index (χ3v) is 5.30. The Kier molecular flexibility index (Phi) is 5.86. The summed E-state index contributed by atoms with van der Waals surface area (Å²) in [6.45, 7) is 4.93. The number of anilines is 1. The van der Waals surface area contributed by atoms with Gasteiger partial charge in [-0.2, -0.15) is 4.52 Å². The van der Waals surface area contributed by atoms with Gasteiger partial charge in [0.15, 0.2) is 23.0 Å². The van der Waals surface area contributed by atoms with Crippen molar-refractivity contribution in [2.75, 3.05) is 45.2 Å². The minimum Gasteiger partial charge on any atom is -0.489 e. The number of nitrogen functional groups attached to an aromatic ring is 1. The van der Waals surface area contributed by atoms with Crippen molar-refractivity contribution < 1.29 is 9.47 Å². The van der Waals surface area contributed by atoms with Gasteiger partial charge in [-0.1, -0.05) is 18.2 Å². The highest BCUT2D eigenvalue weighted by molar-refractivity contribution is 5.56. The second kappa shape index (κ2) is 9.25. The second-order valence-electron chi connectivity index (χ2n) is 7.57. The van der Waals surface area contributed by atoms with E-state index in [4.69, 9.17) is 15.2 Å². The van der Waals surface area contributed by atoms with Crippen molar-refractivity contribution in [1.82, 2.24) is 34.7 Å². The highest BCUT2D eigenvalue weighted by Gasteiger charge is 2.11. The Hall–Kier alpha value is -3.63. The van der Waals surface area contributed by atoms with Crippen LogP contribution in [0.5, 0.6) is 5.75 Å². The van der Waals surface area contributed by atoms with E-state index in [-0.39, 0.29) is 0 Å². The van der Waals surface area contributed by atoms with Gasteiger partial charge in [-0.15, -0.1) is 15.3 Å². The highest BCUT2D eigenvalue weighted by atomic mass is 16.5. The maximum Gasteiger partial charge on any atom is 0.178 e. The average molecular weight is 432 g/mol. The fourth-order valence-electron chi connectivity index (χ4n) is 3.62. The van der Waals surface area contributed by atoms with Gasteiger partial charge >= 0.3 is 0 Å². The van der Waals surface area contributed by atoms with Crippen LogP contribution in [-0.4, -0.2) is 74.1 Å². The van der Waals surface area contributed by atoms with E-state index in [0.29, 0.717) is 36.1 Å². The molecular weight excluding hydrogens is 408 g/mol. The maximum absolute atomic E-state index is 5.80. The number of aromatic nitrogens is 6. The van der Waals surface area contributed by atoms with Crippen LogP contribution in [0.2, 0.25) is 0 Å². The topological polar surface area (TPSA) is 117 Å². The predicted octanol–water partition coefficient (Wildman–Crippen LogP) is 1.47. The van der Waals surface area contributed by atoms with Crippen molar-refractivity contribution in [2.45, 2.75) is 6.42 Å². The number of ether oxygens (including phenoxy) is 2. The first kappa shape index (κ1) is 20.3. The SMILES string of the molecule is Nc1ccc2nnc(Cc3cccc(-c4ncc(OCCN5CCOCC5)cn4)c3)n2n1. The molecule has 0 saturated carbocycles. The lowest BCUT2D eigenvalue weighted by Gasteiger charge is -2.26. The first-order valence-corrected chi connectivity index (χ1v) is 10.6. The fraction of sp³-hybridized carbons (Fsp3) is 0.318. The minimum atomic E-state index is 0.424. The van der Waals surface area contributed by atoms with Crippen LogP contribution in [0, 0.1) is 0 Å². The molecule has 5 rings (SSSR count). The van der Waals surface area contributed by atoms with Crippen molar-refractivity contribution in [1.29, 1.82) is 0 Å². The van der Waals surface area contributed by atoms with E-state index in [9.17, 15) is 0 Å². The Morgan fingerprint density at radius 3 is 2.72 bits per heavy atom. The summed E-state index contributed by atoms with van der Waals surface area (Å²) in [6, 6.07) is 11.5. The van der Waals surface area contributed by atoms with E-state index in [1.54, 1.807) is 29.0 Å². The van der Waals surface area contributed by atoms with Crippen LogP contribution in [-0.2, 0) is 11.2 Å². The molecule has 4 aromatic rings. The molecule has 1 aliphatic heterocycles. The molecule has 0 atom stereocenters. The summed E-state index contributed by atoms with van der Waals surface area (Å²) in [6.07, 6.45) is 3.99. The summed E-state index contributed by atoms with van der Waals surface area (Å²) in [5.74, 6) is 2.44. The van der Waals surface area contributed by atoms with Gasteiger partial charge in [0.05, 0.1) is 25.6 Å². The van der Waals surface area contributed by atoms with Gasteiger partial charge in [0.2, 0.25) is 0 Å². The second-order valence-corrected chi connectivity index (χ2v) is 7.57. The molecule has 2 N–H and O–H groups in total. The quantitative estimate of drug-likeness (QED) is 0.463. The van der Waals surface area contributed by atoms with Crippen LogP contribution < -0.4 is 10.5 Å². The number of hydrogen-bond acceptors (Lipinski definition) is 9. The Labute approximate surface area is 185 Å². The predicted molar refractivity (Wildman–Crippen MR) is 118 cm³/mol. The van der Waals surface area contributed by atoms with Gasteiger partial charge in [0.25, 0.3) is 0 Å². The van der Waals surface area contributed by atoms with Crippen LogP contribution >= 0.6 is 0 Å². The van der Waals surface area contributed by atoms with Gasteiger partial charge in [0, 0.05) is 31.6 Å². The molecule has 164 valence electrons. The smallest absolute Gasteiger partial charge is 0.178 e. The number of hydrogen-bond donors (Lipinski definition) is 1. The van der Waals surface area contributed by atoms with Crippen LogP contribution in [0.4, 0.5) is 5.82 Å². The Bertz CT molecular complexity index is 1190. The Morgan fingerprint density at radius 1 is 1.03 bits per heavy atom.